The summed E-state index contributed by atoms with van der Waals surface area (Å²) in [6.07, 6.45) is 23.0. The maximum atomic E-state index is 15.0. The van der Waals surface area contributed by atoms with Crippen molar-refractivity contribution in [3.63, 3.8) is 0 Å². The van der Waals surface area contributed by atoms with Gasteiger partial charge in [-0.3, -0.25) is 0 Å². The molecule has 5 rings (SSSR count). The number of rotatable bonds is 36. The van der Waals surface area contributed by atoms with Crippen LogP contribution in [-0.4, -0.2) is 56.3 Å². The maximum Gasteiger partial charge on any atom is 0.343 e. The molecule has 0 aliphatic heterocycles. The Morgan fingerprint density at radius 2 is 0.857 bits per heavy atom. The average molecular weight is 1110 g/mol. The molecule has 77 heavy (non-hydrogen) atoms. The van der Waals surface area contributed by atoms with E-state index in [-0.39, 0.29) is 28.4 Å². The van der Waals surface area contributed by atoms with Crippen molar-refractivity contribution < 1.29 is 50.7 Å². The Hall–Kier alpha value is -5.39. The van der Waals surface area contributed by atoms with Crippen molar-refractivity contribution in [1.82, 2.24) is 0 Å². The van der Waals surface area contributed by atoms with Crippen molar-refractivity contribution in [3.8, 4) is 39.9 Å². The van der Waals surface area contributed by atoms with E-state index >= 15 is 4.39 Å². The zero-order valence-electron chi connectivity index (χ0n) is 47.5. The summed E-state index contributed by atoms with van der Waals surface area (Å²) in [6.45, 7) is 19.1. The van der Waals surface area contributed by atoms with Crippen LogP contribution < -0.4 is 23.7 Å². The molecule has 0 fully saturated rings. The normalized spacial score (nSPS) is 11.8. The van der Waals surface area contributed by atoms with Crippen LogP contribution in [0.5, 0.6) is 28.7 Å². The molecule has 0 unspecified atom stereocenters. The van der Waals surface area contributed by atoms with Gasteiger partial charge in [0.25, 0.3) is 0 Å². The van der Waals surface area contributed by atoms with E-state index in [1.165, 1.54) is 120 Å². The lowest BCUT2D eigenvalue weighted by Gasteiger charge is -2.37. The summed E-state index contributed by atoms with van der Waals surface area (Å²) in [7, 11) is -5.43. The van der Waals surface area contributed by atoms with Gasteiger partial charge in [-0.15, -0.1) is 0 Å². The highest BCUT2D eigenvalue weighted by molar-refractivity contribution is 6.87. The van der Waals surface area contributed by atoms with Crippen LogP contribution in [0.25, 0.3) is 11.1 Å². The van der Waals surface area contributed by atoms with Crippen LogP contribution in [0, 0.1) is 5.82 Å². The standard InChI is InChI=1S/C63H87FO10Si3/c1-9-10-11-12-13-14-16-19-22-25-45-68-55-38-33-51(34-39-55)61(65)70-57-42-35-52(36-43-57)62(66)72-58-30-28-29-53(48-58)50-31-40-56(41-32-50)71-63(67)54-37-44-60(59(64)49-54)69-46-26-23-20-17-15-18-21-24-27-47-76(5,6)74-77(7,8)73-75(2,3)4/h28-44,48-49H,9-27,45-47H2,1-8H3. The molecule has 0 bridgehead atoms. The second-order valence-electron chi connectivity index (χ2n) is 22.2. The van der Waals surface area contributed by atoms with Gasteiger partial charge in [-0.05, 0) is 167 Å². The van der Waals surface area contributed by atoms with Crippen LogP contribution in [0.2, 0.25) is 51.9 Å². The minimum absolute atomic E-state index is 0.0715. The van der Waals surface area contributed by atoms with Crippen LogP contribution in [0.4, 0.5) is 4.39 Å². The van der Waals surface area contributed by atoms with Gasteiger partial charge in [0.2, 0.25) is 0 Å². The van der Waals surface area contributed by atoms with Gasteiger partial charge < -0.3 is 31.9 Å². The first-order chi connectivity index (χ1) is 36.9. The molecule has 0 spiro atoms. The summed E-state index contributed by atoms with van der Waals surface area (Å²) in [4.78, 5) is 39.0. The molecule has 0 aliphatic carbocycles. The number of esters is 3. The van der Waals surface area contributed by atoms with Gasteiger partial charge in [0.1, 0.15) is 23.0 Å². The topological polar surface area (TPSA) is 116 Å². The van der Waals surface area contributed by atoms with Crippen molar-refractivity contribution >= 4 is 43.1 Å². The largest absolute Gasteiger partial charge is 0.494 e. The van der Waals surface area contributed by atoms with Crippen LogP contribution >= 0.6 is 0 Å². The van der Waals surface area contributed by atoms with Crippen LogP contribution in [0.3, 0.4) is 0 Å². The van der Waals surface area contributed by atoms with Crippen molar-refractivity contribution in [2.45, 2.75) is 181 Å². The third-order valence-electron chi connectivity index (χ3n) is 13.0. The molecule has 0 saturated carbocycles. The Bertz CT molecular complexity index is 2540. The third kappa shape index (κ3) is 24.4. The molecule has 0 N–H and O–H groups in total. The lowest BCUT2D eigenvalue weighted by molar-refractivity contribution is 0.0723. The molecule has 0 radical (unpaired) electrons. The van der Waals surface area contributed by atoms with E-state index in [1.807, 2.05) is 6.07 Å². The minimum Gasteiger partial charge on any atom is -0.494 e. The first-order valence-corrected chi connectivity index (χ1v) is 37.8. The lowest BCUT2D eigenvalue weighted by Crippen LogP contribution is -2.51. The van der Waals surface area contributed by atoms with Gasteiger partial charge in [-0.1, -0.05) is 140 Å². The van der Waals surface area contributed by atoms with Crippen molar-refractivity contribution in [2.75, 3.05) is 13.2 Å². The average Bonchev–Trinajstić information content (AvgIpc) is 3.38. The Morgan fingerprint density at radius 3 is 1.38 bits per heavy atom. The minimum atomic E-state index is -2.08. The van der Waals surface area contributed by atoms with Crippen molar-refractivity contribution in [3.05, 3.63) is 138 Å². The van der Waals surface area contributed by atoms with Crippen molar-refractivity contribution in [2.24, 2.45) is 0 Å². The molecular formula is C63H87FO10Si3. The number of ether oxygens (including phenoxy) is 5. The van der Waals surface area contributed by atoms with Gasteiger partial charge in [0.05, 0.1) is 29.9 Å². The summed E-state index contributed by atoms with van der Waals surface area (Å²) in [5.74, 6) is -0.687. The van der Waals surface area contributed by atoms with E-state index in [2.05, 4.69) is 52.8 Å². The molecule has 418 valence electrons. The summed E-state index contributed by atoms with van der Waals surface area (Å²) in [6, 6.07) is 32.3. The summed E-state index contributed by atoms with van der Waals surface area (Å²) < 4.78 is 56.5. The van der Waals surface area contributed by atoms with E-state index in [1.54, 1.807) is 78.9 Å². The first kappa shape index (κ1) is 62.5. The molecule has 0 aromatic heterocycles. The molecule has 0 aliphatic rings. The second kappa shape index (κ2) is 32.5. The predicted octanol–water partition coefficient (Wildman–Crippen LogP) is 18.1. The Kier molecular flexibility index (Phi) is 26.4. The predicted molar refractivity (Wildman–Crippen MR) is 316 cm³/mol. The molecule has 14 heteroatoms. The lowest BCUT2D eigenvalue weighted by atomic mass is 10.1. The smallest absolute Gasteiger partial charge is 0.343 e. The number of unbranched alkanes of at least 4 members (excludes halogenated alkanes) is 17. The fourth-order valence-electron chi connectivity index (χ4n) is 9.37. The zero-order chi connectivity index (χ0) is 55.5. The highest BCUT2D eigenvalue weighted by Crippen LogP contribution is 2.29. The fraction of sp³-hybridized carbons (Fsp3) is 0.476. The SMILES string of the molecule is CCCCCCCCCCCCOc1ccc(C(=O)Oc2ccc(C(=O)Oc3cccc(-c4ccc(OC(=O)c5ccc(OCCCCCCCCCCC[Si](C)(C)O[Si](C)(C)O[Si](C)(C)C)c(F)c5)cc4)c3)cc2)cc1. The van der Waals surface area contributed by atoms with Gasteiger partial charge in [0, 0.05) is 0 Å². The Labute approximate surface area is 463 Å². The number of hydrogen-bond acceptors (Lipinski definition) is 10. The first-order valence-electron chi connectivity index (χ1n) is 28.4. The van der Waals surface area contributed by atoms with Gasteiger partial charge in [-0.2, -0.15) is 0 Å². The number of carbonyl (C=O) groups is 3. The molecule has 0 amide bonds. The summed E-state index contributed by atoms with van der Waals surface area (Å²) >= 11 is 0. The van der Waals surface area contributed by atoms with Crippen LogP contribution in [0.1, 0.15) is 160 Å². The van der Waals surface area contributed by atoms with Gasteiger partial charge in [-0.25, -0.2) is 18.8 Å². The molecule has 0 saturated heterocycles. The highest BCUT2D eigenvalue weighted by Gasteiger charge is 2.37. The fourth-order valence-corrected chi connectivity index (χ4v) is 22.6. The van der Waals surface area contributed by atoms with Crippen LogP contribution in [0.15, 0.2) is 115 Å². The van der Waals surface area contributed by atoms with E-state index < -0.39 is 48.9 Å². The van der Waals surface area contributed by atoms with Gasteiger partial charge >= 0.3 is 26.5 Å². The summed E-state index contributed by atoms with van der Waals surface area (Å²) in [5.41, 5.74) is 2.29. The van der Waals surface area contributed by atoms with E-state index in [4.69, 9.17) is 31.9 Å². The maximum absolute atomic E-state index is 15.0. The molecular weight excluding hydrogens is 1020 g/mol. The quantitative estimate of drug-likeness (QED) is 0.0166. The van der Waals surface area contributed by atoms with E-state index in [9.17, 15) is 14.4 Å². The molecule has 0 atom stereocenters. The Balaban J connectivity index is 0.947. The molecule has 5 aromatic carbocycles. The van der Waals surface area contributed by atoms with E-state index in [0.29, 0.717) is 30.3 Å². The molecule has 5 aromatic rings. The summed E-state index contributed by atoms with van der Waals surface area (Å²) in [5, 5.41) is 0. The van der Waals surface area contributed by atoms with Crippen molar-refractivity contribution in [1.29, 1.82) is 0 Å². The number of halogens is 1. The number of carbonyl (C=O) groups excluding carboxylic acids is 3. The monoisotopic (exact) mass is 1110 g/mol. The zero-order valence-corrected chi connectivity index (χ0v) is 50.5. The second-order valence-corrected chi connectivity index (χ2v) is 34.9. The van der Waals surface area contributed by atoms with Gasteiger partial charge in [0.15, 0.2) is 28.2 Å². The molecule has 10 nitrogen and oxygen atoms in total. The third-order valence-corrected chi connectivity index (χ3v) is 23.2. The van der Waals surface area contributed by atoms with Crippen LogP contribution in [-0.2, 0) is 8.23 Å². The highest BCUT2D eigenvalue weighted by atomic mass is 28.5. The molecule has 0 heterocycles. The van der Waals surface area contributed by atoms with E-state index in [0.717, 1.165) is 49.3 Å². The number of benzene rings is 5. The Morgan fingerprint density at radius 1 is 0.416 bits per heavy atom. The number of hydrogen-bond donors (Lipinski definition) is 0.